The summed E-state index contributed by atoms with van der Waals surface area (Å²) in [6, 6.07) is 3.66. The summed E-state index contributed by atoms with van der Waals surface area (Å²) in [6.07, 6.45) is 3.97. The maximum absolute atomic E-state index is 11.2. The Bertz CT molecular complexity index is 507. The minimum Gasteiger partial charge on any atom is -0.369 e. The van der Waals surface area contributed by atoms with Gasteiger partial charge in [0.05, 0.1) is 6.20 Å². The zero-order chi connectivity index (χ0) is 12.1. The first-order valence-electron chi connectivity index (χ1n) is 5.60. The lowest BCUT2D eigenvalue weighted by molar-refractivity contribution is -0.120. The fraction of sp³-hybridized carbons (Fsp3) is 0.364. The van der Waals surface area contributed by atoms with E-state index < -0.39 is 0 Å². The molecular formula is C11H15N5O. The van der Waals surface area contributed by atoms with Gasteiger partial charge in [-0.2, -0.15) is 5.10 Å². The van der Waals surface area contributed by atoms with Crippen LogP contribution in [0.5, 0.6) is 0 Å². The van der Waals surface area contributed by atoms with Gasteiger partial charge >= 0.3 is 0 Å². The molecule has 2 rings (SSSR count). The topological polar surface area (TPSA) is 71.3 Å². The summed E-state index contributed by atoms with van der Waals surface area (Å²) >= 11 is 0. The molecule has 0 aliphatic rings. The van der Waals surface area contributed by atoms with Crippen LogP contribution in [0.15, 0.2) is 24.5 Å². The van der Waals surface area contributed by atoms with Crippen LogP contribution >= 0.6 is 0 Å². The molecule has 0 saturated carbocycles. The third-order valence-corrected chi connectivity index (χ3v) is 2.29. The standard InChI is InChI=1S/C11H15N5O/c1-2-12-11(17)4-6-13-9-5-8-16-10(15-9)3-7-14-16/h3,5,7-8H,2,4,6H2,1H3,(H,12,17)(H,13,15). The van der Waals surface area contributed by atoms with Gasteiger partial charge in [-0.05, 0) is 13.0 Å². The van der Waals surface area contributed by atoms with Crippen LogP contribution in [-0.4, -0.2) is 33.6 Å². The minimum absolute atomic E-state index is 0.0467. The molecule has 0 fully saturated rings. The van der Waals surface area contributed by atoms with Gasteiger partial charge in [-0.25, -0.2) is 9.50 Å². The molecule has 0 radical (unpaired) electrons. The molecule has 0 spiro atoms. The number of hydrogen-bond acceptors (Lipinski definition) is 4. The molecule has 0 aliphatic heterocycles. The summed E-state index contributed by atoms with van der Waals surface area (Å²) in [5.41, 5.74) is 0.785. The fourth-order valence-corrected chi connectivity index (χ4v) is 1.50. The van der Waals surface area contributed by atoms with Crippen molar-refractivity contribution in [3.63, 3.8) is 0 Å². The Morgan fingerprint density at radius 2 is 2.35 bits per heavy atom. The number of amides is 1. The molecular weight excluding hydrogens is 218 g/mol. The Balaban J connectivity index is 1.88. The van der Waals surface area contributed by atoms with E-state index in [4.69, 9.17) is 0 Å². The summed E-state index contributed by atoms with van der Waals surface area (Å²) in [4.78, 5) is 15.6. The van der Waals surface area contributed by atoms with Gasteiger partial charge in [0, 0.05) is 31.8 Å². The van der Waals surface area contributed by atoms with Crippen LogP contribution in [0.1, 0.15) is 13.3 Å². The second-order valence-electron chi connectivity index (χ2n) is 3.58. The van der Waals surface area contributed by atoms with Crippen molar-refractivity contribution in [2.45, 2.75) is 13.3 Å². The average molecular weight is 233 g/mol. The number of nitrogens with one attached hydrogen (secondary N) is 2. The van der Waals surface area contributed by atoms with Gasteiger partial charge in [0.1, 0.15) is 5.82 Å². The van der Waals surface area contributed by atoms with Crippen LogP contribution in [-0.2, 0) is 4.79 Å². The first-order chi connectivity index (χ1) is 8.29. The van der Waals surface area contributed by atoms with Crippen LogP contribution in [0.4, 0.5) is 5.82 Å². The van der Waals surface area contributed by atoms with Crippen LogP contribution < -0.4 is 10.6 Å². The van der Waals surface area contributed by atoms with Gasteiger partial charge in [-0.1, -0.05) is 0 Å². The van der Waals surface area contributed by atoms with Crippen molar-refractivity contribution in [1.29, 1.82) is 0 Å². The van der Waals surface area contributed by atoms with Crippen molar-refractivity contribution < 1.29 is 4.79 Å². The summed E-state index contributed by atoms with van der Waals surface area (Å²) in [6.45, 7) is 3.14. The van der Waals surface area contributed by atoms with Gasteiger partial charge in [0.2, 0.25) is 5.91 Å². The number of carbonyl (C=O) groups is 1. The van der Waals surface area contributed by atoms with E-state index in [-0.39, 0.29) is 5.91 Å². The Morgan fingerprint density at radius 1 is 1.47 bits per heavy atom. The predicted octanol–water partition coefficient (Wildman–Crippen LogP) is 0.667. The number of hydrogen-bond donors (Lipinski definition) is 2. The first kappa shape index (κ1) is 11.4. The van der Waals surface area contributed by atoms with E-state index in [0.717, 1.165) is 11.5 Å². The quantitative estimate of drug-likeness (QED) is 0.796. The highest BCUT2D eigenvalue weighted by molar-refractivity contribution is 5.76. The second kappa shape index (κ2) is 5.29. The summed E-state index contributed by atoms with van der Waals surface area (Å²) in [5, 5.41) is 9.90. The van der Waals surface area contributed by atoms with Crippen LogP contribution in [0.25, 0.3) is 5.65 Å². The van der Waals surface area contributed by atoms with E-state index in [9.17, 15) is 4.79 Å². The molecule has 0 aromatic carbocycles. The van der Waals surface area contributed by atoms with Gasteiger partial charge in [0.15, 0.2) is 5.65 Å². The Hall–Kier alpha value is -2.11. The Morgan fingerprint density at radius 3 is 3.18 bits per heavy atom. The summed E-state index contributed by atoms with van der Waals surface area (Å²) < 4.78 is 1.69. The minimum atomic E-state index is 0.0467. The van der Waals surface area contributed by atoms with Crippen molar-refractivity contribution in [2.75, 3.05) is 18.4 Å². The summed E-state index contributed by atoms with van der Waals surface area (Å²) in [5.74, 6) is 0.799. The number of anilines is 1. The van der Waals surface area contributed by atoms with Gasteiger partial charge in [0.25, 0.3) is 0 Å². The molecule has 0 saturated heterocycles. The van der Waals surface area contributed by atoms with E-state index in [0.29, 0.717) is 19.5 Å². The molecule has 90 valence electrons. The SMILES string of the molecule is CCNC(=O)CCNc1ccn2nccc2n1. The molecule has 6 nitrogen and oxygen atoms in total. The number of aromatic nitrogens is 3. The van der Waals surface area contributed by atoms with Crippen LogP contribution in [0.2, 0.25) is 0 Å². The predicted molar refractivity (Wildman–Crippen MR) is 64.8 cm³/mol. The highest BCUT2D eigenvalue weighted by Gasteiger charge is 2.00. The Kier molecular flexibility index (Phi) is 3.54. The smallest absolute Gasteiger partial charge is 0.221 e. The van der Waals surface area contributed by atoms with Crippen LogP contribution in [0, 0.1) is 0 Å². The van der Waals surface area contributed by atoms with E-state index >= 15 is 0 Å². The van der Waals surface area contributed by atoms with Crippen molar-refractivity contribution in [2.24, 2.45) is 0 Å². The highest BCUT2D eigenvalue weighted by Crippen LogP contribution is 2.05. The van der Waals surface area contributed by atoms with Crippen LogP contribution in [0.3, 0.4) is 0 Å². The lowest BCUT2D eigenvalue weighted by Gasteiger charge is -2.05. The molecule has 0 bridgehead atoms. The number of fused-ring (bicyclic) bond motifs is 1. The zero-order valence-electron chi connectivity index (χ0n) is 9.68. The van der Waals surface area contributed by atoms with E-state index in [1.807, 2.05) is 25.3 Å². The van der Waals surface area contributed by atoms with E-state index in [1.54, 1.807) is 10.7 Å². The highest BCUT2D eigenvalue weighted by atomic mass is 16.1. The number of nitrogens with zero attached hydrogens (tertiary/aromatic N) is 3. The first-order valence-corrected chi connectivity index (χ1v) is 5.60. The lowest BCUT2D eigenvalue weighted by Crippen LogP contribution is -2.24. The van der Waals surface area contributed by atoms with Gasteiger partial charge in [-0.15, -0.1) is 0 Å². The Labute approximate surface area is 99.0 Å². The van der Waals surface area contributed by atoms with Crippen molar-refractivity contribution in [1.82, 2.24) is 19.9 Å². The third kappa shape index (κ3) is 2.93. The molecule has 1 amide bonds. The maximum atomic E-state index is 11.2. The largest absolute Gasteiger partial charge is 0.369 e. The molecule has 0 unspecified atom stereocenters. The van der Waals surface area contributed by atoms with Crippen molar-refractivity contribution in [3.05, 3.63) is 24.5 Å². The molecule has 2 heterocycles. The second-order valence-corrected chi connectivity index (χ2v) is 3.58. The molecule has 0 atom stereocenters. The van der Waals surface area contributed by atoms with Gasteiger partial charge < -0.3 is 10.6 Å². The number of carbonyl (C=O) groups excluding carboxylic acids is 1. The monoisotopic (exact) mass is 233 g/mol. The van der Waals surface area contributed by atoms with E-state index in [2.05, 4.69) is 20.7 Å². The van der Waals surface area contributed by atoms with Crippen molar-refractivity contribution >= 4 is 17.4 Å². The molecule has 2 aromatic rings. The third-order valence-electron chi connectivity index (χ3n) is 2.29. The molecule has 17 heavy (non-hydrogen) atoms. The number of rotatable bonds is 5. The molecule has 6 heteroatoms. The molecule has 0 aliphatic carbocycles. The van der Waals surface area contributed by atoms with Crippen molar-refractivity contribution in [3.8, 4) is 0 Å². The normalized spacial score (nSPS) is 10.4. The molecule has 2 N–H and O–H groups in total. The molecule has 2 aromatic heterocycles. The fourth-order valence-electron chi connectivity index (χ4n) is 1.50. The average Bonchev–Trinajstić information content (AvgIpc) is 2.76. The summed E-state index contributed by atoms with van der Waals surface area (Å²) in [7, 11) is 0. The maximum Gasteiger partial charge on any atom is 0.221 e. The van der Waals surface area contributed by atoms with E-state index in [1.165, 1.54) is 0 Å². The lowest BCUT2D eigenvalue weighted by atomic mass is 10.4. The zero-order valence-corrected chi connectivity index (χ0v) is 9.68. The van der Waals surface area contributed by atoms with Gasteiger partial charge in [-0.3, -0.25) is 4.79 Å².